The van der Waals surface area contributed by atoms with Gasteiger partial charge in [0.15, 0.2) is 0 Å². The molecule has 1 heterocycles. The van der Waals surface area contributed by atoms with E-state index in [2.05, 4.69) is 20.9 Å². The lowest BCUT2D eigenvalue weighted by Crippen LogP contribution is -1.90. The summed E-state index contributed by atoms with van der Waals surface area (Å²) in [5.41, 5.74) is 0.892. The monoisotopic (exact) mass is 235 g/mol. The van der Waals surface area contributed by atoms with Crippen molar-refractivity contribution in [3.63, 3.8) is 0 Å². The van der Waals surface area contributed by atoms with Gasteiger partial charge >= 0.3 is 0 Å². The molecule has 0 radical (unpaired) electrons. The van der Waals surface area contributed by atoms with Crippen LogP contribution in [0.3, 0.4) is 0 Å². The molecule has 2 nitrogen and oxygen atoms in total. The highest BCUT2D eigenvalue weighted by atomic mass is 79.9. The Kier molecular flexibility index (Phi) is 3.30. The predicted molar refractivity (Wildman–Crippen MR) is 47.7 cm³/mol. The van der Waals surface area contributed by atoms with Gasteiger partial charge in [-0.1, -0.05) is 11.6 Å². The van der Waals surface area contributed by atoms with Gasteiger partial charge in [-0.2, -0.15) is 0 Å². The lowest BCUT2D eigenvalue weighted by atomic mass is 10.3. The fraction of sp³-hybridized carbons (Fsp3) is 0.286. The van der Waals surface area contributed by atoms with Crippen LogP contribution in [-0.4, -0.2) is 12.1 Å². The Morgan fingerprint density at radius 2 is 2.45 bits per heavy atom. The minimum atomic E-state index is 0.491. The second kappa shape index (κ2) is 4.04. The minimum Gasteiger partial charge on any atom is -0.380 e. The molecular formula is C7H7BrClNO. The quantitative estimate of drug-likeness (QED) is 0.737. The van der Waals surface area contributed by atoms with Crippen molar-refractivity contribution < 1.29 is 4.74 Å². The molecule has 1 aromatic heterocycles. The van der Waals surface area contributed by atoms with Crippen LogP contribution in [0.2, 0.25) is 5.15 Å². The Hall–Kier alpha value is -0.120. The Labute approximate surface area is 78.7 Å². The fourth-order valence-corrected chi connectivity index (χ4v) is 1.26. The SMILES string of the molecule is COCc1cc(Br)cnc1Cl. The Morgan fingerprint density at radius 1 is 1.73 bits per heavy atom. The van der Waals surface area contributed by atoms with Crippen molar-refractivity contribution in [3.05, 3.63) is 27.5 Å². The normalized spacial score (nSPS) is 10.1. The summed E-state index contributed by atoms with van der Waals surface area (Å²) in [4.78, 5) is 3.94. The van der Waals surface area contributed by atoms with Gasteiger partial charge < -0.3 is 4.74 Å². The van der Waals surface area contributed by atoms with E-state index < -0.39 is 0 Å². The zero-order valence-corrected chi connectivity index (χ0v) is 8.32. The zero-order valence-electron chi connectivity index (χ0n) is 5.97. The average molecular weight is 236 g/mol. The van der Waals surface area contributed by atoms with Gasteiger partial charge in [0.1, 0.15) is 5.15 Å². The lowest BCUT2D eigenvalue weighted by Gasteiger charge is -2.01. The van der Waals surface area contributed by atoms with Crippen molar-refractivity contribution in [2.75, 3.05) is 7.11 Å². The minimum absolute atomic E-state index is 0.491. The number of pyridine rings is 1. The smallest absolute Gasteiger partial charge is 0.134 e. The zero-order chi connectivity index (χ0) is 8.27. The number of methoxy groups -OCH3 is 1. The van der Waals surface area contributed by atoms with Crippen molar-refractivity contribution in [1.29, 1.82) is 0 Å². The number of nitrogens with zero attached hydrogens (tertiary/aromatic N) is 1. The van der Waals surface area contributed by atoms with Crippen LogP contribution in [0.15, 0.2) is 16.7 Å². The molecule has 0 bridgehead atoms. The van der Waals surface area contributed by atoms with E-state index in [-0.39, 0.29) is 0 Å². The number of hydrogen-bond acceptors (Lipinski definition) is 2. The van der Waals surface area contributed by atoms with Gasteiger partial charge in [-0.05, 0) is 22.0 Å². The standard InChI is InChI=1S/C7H7BrClNO/c1-11-4-5-2-6(8)3-10-7(5)9/h2-3H,4H2,1H3. The summed E-state index contributed by atoms with van der Waals surface area (Å²) < 4.78 is 5.83. The molecular weight excluding hydrogens is 229 g/mol. The van der Waals surface area contributed by atoms with Crippen LogP contribution in [0, 0.1) is 0 Å². The molecule has 0 saturated heterocycles. The van der Waals surface area contributed by atoms with Crippen LogP contribution < -0.4 is 0 Å². The van der Waals surface area contributed by atoms with Crippen LogP contribution in [0.4, 0.5) is 0 Å². The van der Waals surface area contributed by atoms with E-state index in [1.165, 1.54) is 0 Å². The largest absolute Gasteiger partial charge is 0.380 e. The maximum atomic E-state index is 5.76. The second-order valence-corrected chi connectivity index (χ2v) is 3.31. The summed E-state index contributed by atoms with van der Waals surface area (Å²) >= 11 is 9.05. The van der Waals surface area contributed by atoms with Crippen molar-refractivity contribution in [1.82, 2.24) is 4.98 Å². The molecule has 0 saturated carbocycles. The maximum absolute atomic E-state index is 5.76. The highest BCUT2D eigenvalue weighted by molar-refractivity contribution is 9.10. The molecule has 11 heavy (non-hydrogen) atoms. The molecule has 0 aliphatic rings. The van der Waals surface area contributed by atoms with Gasteiger partial charge in [0.25, 0.3) is 0 Å². The summed E-state index contributed by atoms with van der Waals surface area (Å²) in [6.45, 7) is 0.491. The van der Waals surface area contributed by atoms with E-state index in [4.69, 9.17) is 16.3 Å². The summed E-state index contributed by atoms with van der Waals surface area (Å²) in [5, 5.41) is 0.495. The second-order valence-electron chi connectivity index (χ2n) is 2.04. The molecule has 0 fully saturated rings. The number of aromatic nitrogens is 1. The molecule has 0 amide bonds. The molecule has 0 aliphatic heterocycles. The number of halogens is 2. The maximum Gasteiger partial charge on any atom is 0.134 e. The van der Waals surface area contributed by atoms with Gasteiger partial charge in [0.05, 0.1) is 6.61 Å². The van der Waals surface area contributed by atoms with Crippen molar-refractivity contribution in [2.24, 2.45) is 0 Å². The fourth-order valence-electron chi connectivity index (χ4n) is 0.721. The van der Waals surface area contributed by atoms with E-state index in [0.717, 1.165) is 10.0 Å². The number of hydrogen-bond donors (Lipinski definition) is 0. The van der Waals surface area contributed by atoms with E-state index in [9.17, 15) is 0 Å². The van der Waals surface area contributed by atoms with E-state index in [1.54, 1.807) is 13.3 Å². The Bertz CT molecular complexity index is 254. The van der Waals surface area contributed by atoms with E-state index >= 15 is 0 Å². The van der Waals surface area contributed by atoms with E-state index in [1.807, 2.05) is 6.07 Å². The third-order valence-electron chi connectivity index (χ3n) is 1.18. The molecule has 1 rings (SSSR count). The highest BCUT2D eigenvalue weighted by Gasteiger charge is 2.00. The van der Waals surface area contributed by atoms with Gasteiger partial charge in [0, 0.05) is 23.3 Å². The van der Waals surface area contributed by atoms with Crippen LogP contribution in [0.5, 0.6) is 0 Å². The molecule has 1 aromatic rings. The molecule has 4 heteroatoms. The summed E-state index contributed by atoms with van der Waals surface area (Å²) in [6.07, 6.45) is 1.65. The molecule has 0 aromatic carbocycles. The van der Waals surface area contributed by atoms with Crippen molar-refractivity contribution >= 4 is 27.5 Å². The topological polar surface area (TPSA) is 22.1 Å². The third-order valence-corrected chi connectivity index (χ3v) is 1.95. The van der Waals surface area contributed by atoms with Gasteiger partial charge in [0.2, 0.25) is 0 Å². The molecule has 0 aliphatic carbocycles. The van der Waals surface area contributed by atoms with E-state index in [0.29, 0.717) is 11.8 Å². The Morgan fingerprint density at radius 3 is 3.09 bits per heavy atom. The molecule has 0 spiro atoms. The molecule has 0 unspecified atom stereocenters. The van der Waals surface area contributed by atoms with Crippen molar-refractivity contribution in [3.8, 4) is 0 Å². The van der Waals surface area contributed by atoms with Crippen molar-refractivity contribution in [2.45, 2.75) is 6.61 Å². The summed E-state index contributed by atoms with van der Waals surface area (Å²) in [7, 11) is 1.62. The molecule has 0 atom stereocenters. The first kappa shape index (κ1) is 8.97. The first-order chi connectivity index (χ1) is 5.24. The summed E-state index contributed by atoms with van der Waals surface area (Å²) in [5.74, 6) is 0. The van der Waals surface area contributed by atoms with Crippen LogP contribution in [-0.2, 0) is 11.3 Å². The lowest BCUT2D eigenvalue weighted by molar-refractivity contribution is 0.184. The third kappa shape index (κ3) is 2.43. The first-order valence-corrected chi connectivity index (χ1v) is 4.20. The number of ether oxygens (including phenoxy) is 1. The molecule has 0 N–H and O–H groups in total. The van der Waals surface area contributed by atoms with Gasteiger partial charge in [-0.3, -0.25) is 0 Å². The van der Waals surface area contributed by atoms with Crippen LogP contribution >= 0.6 is 27.5 Å². The predicted octanol–water partition coefficient (Wildman–Crippen LogP) is 2.64. The highest BCUT2D eigenvalue weighted by Crippen LogP contribution is 2.18. The van der Waals surface area contributed by atoms with Crippen LogP contribution in [0.25, 0.3) is 0 Å². The average Bonchev–Trinajstić information content (AvgIpc) is 1.98. The van der Waals surface area contributed by atoms with Gasteiger partial charge in [-0.15, -0.1) is 0 Å². The molecule has 60 valence electrons. The van der Waals surface area contributed by atoms with Crippen LogP contribution in [0.1, 0.15) is 5.56 Å². The Balaban J connectivity index is 2.93. The summed E-state index contributed by atoms with van der Waals surface area (Å²) in [6, 6.07) is 1.89. The first-order valence-electron chi connectivity index (χ1n) is 3.03. The number of rotatable bonds is 2. The van der Waals surface area contributed by atoms with Gasteiger partial charge in [-0.25, -0.2) is 4.98 Å².